The van der Waals surface area contributed by atoms with Crippen molar-refractivity contribution in [3.8, 4) is 0 Å². The number of piperidine rings is 1. The molecule has 1 amide bonds. The first kappa shape index (κ1) is 18.6. The minimum atomic E-state index is -3.61. The lowest BCUT2D eigenvalue weighted by molar-refractivity contribution is -0.120. The Morgan fingerprint density at radius 3 is 2.50 bits per heavy atom. The summed E-state index contributed by atoms with van der Waals surface area (Å²) in [5, 5.41) is 3.00. The number of amides is 1. The van der Waals surface area contributed by atoms with Crippen molar-refractivity contribution in [2.75, 3.05) is 18.4 Å². The second-order valence-electron chi connectivity index (χ2n) is 6.77. The molecule has 1 saturated heterocycles. The van der Waals surface area contributed by atoms with Gasteiger partial charge in [0.15, 0.2) is 5.03 Å². The number of benzene rings is 1. The Morgan fingerprint density at radius 2 is 1.92 bits per heavy atom. The fourth-order valence-electron chi connectivity index (χ4n) is 3.11. The van der Waals surface area contributed by atoms with Crippen molar-refractivity contribution >= 4 is 21.6 Å². The molecule has 1 aliphatic heterocycles. The number of aryl methyl sites for hydroxylation is 3. The zero-order chi connectivity index (χ0) is 18.9. The number of nitrogens with zero attached hydrogens (tertiary/aromatic N) is 3. The number of aromatic nitrogens is 2. The van der Waals surface area contributed by atoms with Gasteiger partial charge in [0.05, 0.1) is 0 Å². The van der Waals surface area contributed by atoms with Crippen molar-refractivity contribution in [2.24, 2.45) is 13.0 Å². The maximum Gasteiger partial charge on any atom is 0.262 e. The molecule has 0 atom stereocenters. The first-order valence-electron chi connectivity index (χ1n) is 8.65. The molecule has 1 aliphatic rings. The number of anilines is 1. The molecule has 1 aromatic heterocycles. The van der Waals surface area contributed by atoms with Crippen molar-refractivity contribution in [2.45, 2.75) is 31.7 Å². The summed E-state index contributed by atoms with van der Waals surface area (Å²) >= 11 is 0. The van der Waals surface area contributed by atoms with Gasteiger partial charge in [0.25, 0.3) is 10.0 Å². The Hall–Kier alpha value is -2.19. The summed E-state index contributed by atoms with van der Waals surface area (Å²) in [4.78, 5) is 16.6. The van der Waals surface area contributed by atoms with Gasteiger partial charge in [-0.25, -0.2) is 13.4 Å². The van der Waals surface area contributed by atoms with Gasteiger partial charge >= 0.3 is 0 Å². The van der Waals surface area contributed by atoms with Crippen LogP contribution >= 0.6 is 0 Å². The van der Waals surface area contributed by atoms with Gasteiger partial charge in [-0.15, -0.1) is 0 Å². The third-order valence-electron chi connectivity index (χ3n) is 4.80. The highest BCUT2D eigenvalue weighted by atomic mass is 32.2. The molecule has 1 fully saturated rings. The molecule has 0 bridgehead atoms. The highest BCUT2D eigenvalue weighted by Gasteiger charge is 2.33. The monoisotopic (exact) mass is 376 g/mol. The molecule has 0 unspecified atom stereocenters. The van der Waals surface area contributed by atoms with E-state index in [2.05, 4.69) is 10.3 Å². The van der Waals surface area contributed by atoms with Crippen LogP contribution in [0.2, 0.25) is 0 Å². The number of hydrogen-bond donors (Lipinski definition) is 1. The first-order chi connectivity index (χ1) is 12.3. The number of rotatable bonds is 4. The van der Waals surface area contributed by atoms with E-state index in [1.54, 1.807) is 18.5 Å². The van der Waals surface area contributed by atoms with Crippen molar-refractivity contribution in [3.63, 3.8) is 0 Å². The maximum absolute atomic E-state index is 12.7. The maximum atomic E-state index is 12.7. The van der Waals surface area contributed by atoms with E-state index in [4.69, 9.17) is 0 Å². The molecule has 2 heterocycles. The van der Waals surface area contributed by atoms with Crippen LogP contribution in [-0.2, 0) is 21.9 Å². The van der Waals surface area contributed by atoms with Crippen LogP contribution in [0, 0.1) is 19.8 Å². The Kier molecular flexibility index (Phi) is 5.15. The van der Waals surface area contributed by atoms with Gasteiger partial charge < -0.3 is 9.88 Å². The third-order valence-corrected chi connectivity index (χ3v) is 6.57. The second-order valence-corrected chi connectivity index (χ2v) is 8.66. The molecule has 7 nitrogen and oxygen atoms in total. The molecule has 8 heteroatoms. The summed E-state index contributed by atoms with van der Waals surface area (Å²) in [5.74, 6) is 0.407. The van der Waals surface area contributed by atoms with Gasteiger partial charge in [-0.3, -0.25) is 4.79 Å². The number of carbonyl (C=O) groups is 1. The van der Waals surface area contributed by atoms with Gasteiger partial charge in [0.1, 0.15) is 5.82 Å². The largest absolute Gasteiger partial charge is 0.337 e. The van der Waals surface area contributed by atoms with E-state index >= 15 is 0 Å². The van der Waals surface area contributed by atoms with Crippen LogP contribution < -0.4 is 5.32 Å². The van der Waals surface area contributed by atoms with Crippen molar-refractivity contribution < 1.29 is 13.2 Å². The Morgan fingerprint density at radius 1 is 1.23 bits per heavy atom. The minimum absolute atomic E-state index is 0.0543. The van der Waals surface area contributed by atoms with Gasteiger partial charge in [-0.2, -0.15) is 4.31 Å². The van der Waals surface area contributed by atoms with Crippen molar-refractivity contribution in [1.82, 2.24) is 13.9 Å². The van der Waals surface area contributed by atoms with E-state index in [0.717, 1.165) is 11.3 Å². The third kappa shape index (κ3) is 3.81. The molecule has 26 heavy (non-hydrogen) atoms. The standard InChI is InChI=1S/C18H24N4O3S/c1-13-5-4-6-16(11-13)20-18(23)15-7-9-22(10-8-15)26(24,25)17-12-21(3)14(2)19-17/h4-6,11-12,15H,7-10H2,1-3H3,(H,20,23). The van der Waals surface area contributed by atoms with E-state index in [1.807, 2.05) is 31.2 Å². The predicted octanol–water partition coefficient (Wildman–Crippen LogP) is 2.08. The summed E-state index contributed by atoms with van der Waals surface area (Å²) in [6.45, 7) is 4.38. The summed E-state index contributed by atoms with van der Waals surface area (Å²) in [7, 11) is -1.84. The lowest BCUT2D eigenvalue weighted by atomic mass is 9.97. The summed E-state index contributed by atoms with van der Waals surface area (Å²) < 4.78 is 28.5. The lowest BCUT2D eigenvalue weighted by Gasteiger charge is -2.29. The fourth-order valence-corrected chi connectivity index (χ4v) is 4.60. The summed E-state index contributed by atoms with van der Waals surface area (Å²) in [6, 6.07) is 7.64. The van der Waals surface area contributed by atoms with Gasteiger partial charge in [-0.1, -0.05) is 12.1 Å². The van der Waals surface area contributed by atoms with E-state index in [-0.39, 0.29) is 16.9 Å². The number of nitrogens with one attached hydrogen (secondary N) is 1. The summed E-state index contributed by atoms with van der Waals surface area (Å²) in [6.07, 6.45) is 2.53. The second kappa shape index (κ2) is 7.20. The Balaban J connectivity index is 1.62. The molecule has 2 aromatic rings. The number of sulfonamides is 1. The Bertz CT molecular complexity index is 893. The predicted molar refractivity (Wildman–Crippen MR) is 99.2 cm³/mol. The van der Waals surface area contributed by atoms with Crippen LogP contribution in [0.25, 0.3) is 0 Å². The van der Waals surface area contributed by atoms with E-state index in [0.29, 0.717) is 31.8 Å². The van der Waals surface area contributed by atoms with Gasteiger partial charge in [0.2, 0.25) is 5.91 Å². The quantitative estimate of drug-likeness (QED) is 0.885. The van der Waals surface area contributed by atoms with Crippen molar-refractivity contribution in [1.29, 1.82) is 0 Å². The summed E-state index contributed by atoms with van der Waals surface area (Å²) in [5.41, 5.74) is 1.85. The molecule has 0 spiro atoms. The van der Waals surface area contributed by atoms with Crippen LogP contribution in [0.4, 0.5) is 5.69 Å². The lowest BCUT2D eigenvalue weighted by Crippen LogP contribution is -2.41. The zero-order valence-corrected chi connectivity index (χ0v) is 16.1. The average molecular weight is 376 g/mol. The molecular formula is C18H24N4O3S. The zero-order valence-electron chi connectivity index (χ0n) is 15.3. The first-order valence-corrected chi connectivity index (χ1v) is 10.1. The topological polar surface area (TPSA) is 84.3 Å². The SMILES string of the molecule is Cc1cccc(NC(=O)C2CCN(S(=O)(=O)c3cn(C)c(C)n3)CC2)c1. The highest BCUT2D eigenvalue weighted by molar-refractivity contribution is 7.89. The van der Waals surface area contributed by atoms with E-state index in [9.17, 15) is 13.2 Å². The van der Waals surface area contributed by atoms with Crippen LogP contribution in [0.1, 0.15) is 24.2 Å². The number of imidazole rings is 1. The average Bonchev–Trinajstić information content (AvgIpc) is 2.95. The van der Waals surface area contributed by atoms with Crippen LogP contribution in [0.5, 0.6) is 0 Å². The fraction of sp³-hybridized carbons (Fsp3) is 0.444. The number of hydrogen-bond acceptors (Lipinski definition) is 4. The van der Waals surface area contributed by atoms with E-state index in [1.165, 1.54) is 10.5 Å². The molecular weight excluding hydrogens is 352 g/mol. The van der Waals surface area contributed by atoms with Crippen molar-refractivity contribution in [3.05, 3.63) is 41.9 Å². The molecule has 1 aromatic carbocycles. The molecule has 1 N–H and O–H groups in total. The smallest absolute Gasteiger partial charge is 0.262 e. The van der Waals surface area contributed by atoms with Gasteiger partial charge in [0, 0.05) is 37.9 Å². The van der Waals surface area contributed by atoms with E-state index < -0.39 is 10.0 Å². The van der Waals surface area contributed by atoms with Crippen LogP contribution in [0.15, 0.2) is 35.5 Å². The number of carbonyl (C=O) groups excluding carboxylic acids is 1. The molecule has 3 rings (SSSR count). The molecule has 0 saturated carbocycles. The Labute approximate surface area is 154 Å². The normalized spacial score (nSPS) is 16.6. The van der Waals surface area contributed by atoms with Crippen LogP contribution in [-0.4, -0.2) is 41.3 Å². The highest BCUT2D eigenvalue weighted by Crippen LogP contribution is 2.24. The minimum Gasteiger partial charge on any atom is -0.337 e. The molecule has 0 aliphatic carbocycles. The van der Waals surface area contributed by atoms with Crippen LogP contribution in [0.3, 0.4) is 0 Å². The molecule has 0 radical (unpaired) electrons. The van der Waals surface area contributed by atoms with Gasteiger partial charge in [-0.05, 0) is 44.4 Å². The molecule has 140 valence electrons.